The first-order valence-corrected chi connectivity index (χ1v) is 8.61. The van der Waals surface area contributed by atoms with Gasteiger partial charge in [-0.1, -0.05) is 13.0 Å². The summed E-state index contributed by atoms with van der Waals surface area (Å²) in [4.78, 5) is 23.4. The number of ether oxygens (including phenoxy) is 1. The minimum atomic E-state index is -0.0225. The molecule has 132 valence electrons. The molecule has 2 aromatic rings. The Balaban J connectivity index is 1.81. The Morgan fingerprint density at radius 1 is 1.32 bits per heavy atom. The highest BCUT2D eigenvalue weighted by atomic mass is 16.5. The van der Waals surface area contributed by atoms with Crippen LogP contribution in [0, 0.1) is 12.8 Å². The molecule has 1 atom stereocenters. The summed E-state index contributed by atoms with van der Waals surface area (Å²) in [7, 11) is 1.63. The van der Waals surface area contributed by atoms with Crippen LogP contribution in [-0.4, -0.2) is 41.0 Å². The molecule has 2 heterocycles. The van der Waals surface area contributed by atoms with E-state index in [9.17, 15) is 4.79 Å². The van der Waals surface area contributed by atoms with E-state index in [1.165, 1.54) is 6.42 Å². The van der Waals surface area contributed by atoms with Crippen LogP contribution >= 0.6 is 0 Å². The molecule has 1 unspecified atom stereocenters. The molecule has 0 bridgehead atoms. The lowest BCUT2D eigenvalue weighted by molar-refractivity contribution is 0.0676. The van der Waals surface area contributed by atoms with E-state index < -0.39 is 0 Å². The van der Waals surface area contributed by atoms with Crippen molar-refractivity contribution in [2.24, 2.45) is 5.92 Å². The maximum Gasteiger partial charge on any atom is 0.272 e. The van der Waals surface area contributed by atoms with Gasteiger partial charge in [0, 0.05) is 30.9 Å². The molecule has 3 rings (SSSR count). The topological polar surface area (TPSA) is 67.3 Å². The number of aromatic nitrogens is 2. The average Bonchev–Trinajstić information content (AvgIpc) is 2.60. The summed E-state index contributed by atoms with van der Waals surface area (Å²) >= 11 is 0. The molecule has 1 aliphatic rings. The van der Waals surface area contributed by atoms with Gasteiger partial charge in [-0.3, -0.25) is 4.79 Å². The Morgan fingerprint density at radius 3 is 2.92 bits per heavy atom. The molecule has 1 fully saturated rings. The summed E-state index contributed by atoms with van der Waals surface area (Å²) in [5.41, 5.74) is 1.29. The molecule has 25 heavy (non-hydrogen) atoms. The Kier molecular flexibility index (Phi) is 5.16. The molecule has 1 amide bonds. The number of nitrogens with zero attached hydrogens (tertiary/aromatic N) is 3. The molecule has 6 heteroatoms. The largest absolute Gasteiger partial charge is 0.497 e. The number of hydrogen-bond donors (Lipinski definition) is 1. The van der Waals surface area contributed by atoms with E-state index in [-0.39, 0.29) is 5.91 Å². The van der Waals surface area contributed by atoms with Crippen LogP contribution in [0.15, 0.2) is 30.3 Å². The highest BCUT2D eigenvalue weighted by molar-refractivity contribution is 5.93. The second kappa shape index (κ2) is 7.51. The van der Waals surface area contributed by atoms with Gasteiger partial charge < -0.3 is 15.0 Å². The summed E-state index contributed by atoms with van der Waals surface area (Å²) in [5.74, 6) is 2.45. The van der Waals surface area contributed by atoms with Crippen LogP contribution < -0.4 is 10.1 Å². The lowest BCUT2D eigenvalue weighted by atomic mass is 10.00. The predicted octanol–water partition coefficient (Wildman–Crippen LogP) is 3.41. The number of methoxy groups -OCH3 is 1. The van der Waals surface area contributed by atoms with Crippen molar-refractivity contribution < 1.29 is 9.53 Å². The number of hydrogen-bond acceptors (Lipinski definition) is 5. The fourth-order valence-electron chi connectivity index (χ4n) is 3.13. The van der Waals surface area contributed by atoms with Gasteiger partial charge in [0.25, 0.3) is 5.91 Å². The molecule has 0 aliphatic carbocycles. The van der Waals surface area contributed by atoms with E-state index in [0.29, 0.717) is 23.3 Å². The lowest BCUT2D eigenvalue weighted by Crippen LogP contribution is -2.39. The van der Waals surface area contributed by atoms with Gasteiger partial charge in [-0.15, -0.1) is 0 Å². The van der Waals surface area contributed by atoms with E-state index in [2.05, 4.69) is 22.2 Å². The van der Waals surface area contributed by atoms with Crippen molar-refractivity contribution in [3.63, 3.8) is 0 Å². The number of carbonyl (C=O) groups excluding carboxylic acids is 1. The zero-order chi connectivity index (χ0) is 17.8. The first kappa shape index (κ1) is 17.2. The zero-order valence-corrected chi connectivity index (χ0v) is 15.0. The monoisotopic (exact) mass is 340 g/mol. The van der Waals surface area contributed by atoms with Gasteiger partial charge in [-0.2, -0.15) is 0 Å². The van der Waals surface area contributed by atoms with E-state index in [4.69, 9.17) is 4.74 Å². The Bertz CT molecular complexity index is 763. The van der Waals surface area contributed by atoms with Crippen LogP contribution in [0.25, 0.3) is 0 Å². The molecule has 0 spiro atoms. The normalized spacial score (nSPS) is 17.2. The molecular formula is C19H24N4O2. The minimum absolute atomic E-state index is 0.0225. The number of carbonyl (C=O) groups is 1. The lowest BCUT2D eigenvalue weighted by Gasteiger charge is -2.30. The molecular weight excluding hydrogens is 316 g/mol. The summed E-state index contributed by atoms with van der Waals surface area (Å²) in [6.45, 7) is 5.57. The molecule has 0 saturated carbocycles. The van der Waals surface area contributed by atoms with Crippen molar-refractivity contribution in [2.75, 3.05) is 25.5 Å². The summed E-state index contributed by atoms with van der Waals surface area (Å²) < 4.78 is 5.23. The van der Waals surface area contributed by atoms with Gasteiger partial charge in [0.1, 0.15) is 23.1 Å². The van der Waals surface area contributed by atoms with Crippen molar-refractivity contribution in [3.05, 3.63) is 41.9 Å². The van der Waals surface area contributed by atoms with Crippen LogP contribution in [0.3, 0.4) is 0 Å². The highest BCUT2D eigenvalue weighted by Crippen LogP contribution is 2.22. The van der Waals surface area contributed by atoms with Gasteiger partial charge in [0.15, 0.2) is 0 Å². The minimum Gasteiger partial charge on any atom is -0.497 e. The maximum atomic E-state index is 12.8. The Hall–Kier alpha value is -2.63. The molecule has 1 aromatic carbocycles. The molecule has 0 radical (unpaired) electrons. The van der Waals surface area contributed by atoms with Crippen LogP contribution in [0.2, 0.25) is 0 Å². The standard InChI is InChI=1S/C19H24N4O2/c1-13-6-5-9-23(12-13)19(24)17-11-18(21-14(2)20-17)22-15-7-4-8-16(10-15)25-3/h4,7-8,10-11,13H,5-6,9,12H2,1-3H3,(H,20,21,22). The van der Waals surface area contributed by atoms with Crippen LogP contribution in [0.1, 0.15) is 36.1 Å². The highest BCUT2D eigenvalue weighted by Gasteiger charge is 2.23. The van der Waals surface area contributed by atoms with Crippen molar-refractivity contribution >= 4 is 17.4 Å². The van der Waals surface area contributed by atoms with Gasteiger partial charge in [-0.05, 0) is 37.8 Å². The molecule has 1 N–H and O–H groups in total. The number of rotatable bonds is 4. The van der Waals surface area contributed by atoms with Crippen LogP contribution in [0.4, 0.5) is 11.5 Å². The van der Waals surface area contributed by atoms with Gasteiger partial charge >= 0.3 is 0 Å². The average molecular weight is 340 g/mol. The smallest absolute Gasteiger partial charge is 0.272 e. The molecule has 6 nitrogen and oxygen atoms in total. The number of benzene rings is 1. The first-order valence-electron chi connectivity index (χ1n) is 8.61. The Labute approximate surface area is 148 Å². The van der Waals surface area contributed by atoms with Crippen molar-refractivity contribution in [1.29, 1.82) is 0 Å². The first-order chi connectivity index (χ1) is 12.0. The number of nitrogens with one attached hydrogen (secondary N) is 1. The zero-order valence-electron chi connectivity index (χ0n) is 15.0. The fraction of sp³-hybridized carbons (Fsp3) is 0.421. The number of amides is 1. The van der Waals surface area contributed by atoms with Crippen molar-refractivity contribution in [1.82, 2.24) is 14.9 Å². The molecule has 1 aromatic heterocycles. The summed E-state index contributed by atoms with van der Waals surface area (Å²) in [6, 6.07) is 9.30. The fourth-order valence-corrected chi connectivity index (χ4v) is 3.13. The number of anilines is 2. The summed E-state index contributed by atoms with van der Waals surface area (Å²) in [5, 5.41) is 3.22. The summed E-state index contributed by atoms with van der Waals surface area (Å²) in [6.07, 6.45) is 2.22. The van der Waals surface area contributed by atoms with E-state index >= 15 is 0 Å². The second-order valence-corrected chi connectivity index (χ2v) is 6.54. The van der Waals surface area contributed by atoms with Crippen molar-refractivity contribution in [3.8, 4) is 5.75 Å². The van der Waals surface area contributed by atoms with Crippen molar-refractivity contribution in [2.45, 2.75) is 26.7 Å². The quantitative estimate of drug-likeness (QED) is 0.924. The number of piperidine rings is 1. The predicted molar refractivity (Wildman–Crippen MR) is 97.3 cm³/mol. The number of likely N-dealkylation sites (tertiary alicyclic amines) is 1. The van der Waals surface area contributed by atoms with Gasteiger partial charge in [0.05, 0.1) is 7.11 Å². The third kappa shape index (κ3) is 4.26. The van der Waals surface area contributed by atoms with E-state index in [1.54, 1.807) is 20.1 Å². The van der Waals surface area contributed by atoms with E-state index in [1.807, 2.05) is 29.2 Å². The Morgan fingerprint density at radius 2 is 2.16 bits per heavy atom. The van der Waals surface area contributed by atoms with E-state index in [0.717, 1.165) is 30.9 Å². The SMILES string of the molecule is COc1cccc(Nc2cc(C(=O)N3CCCC(C)C3)nc(C)n2)c1. The second-order valence-electron chi connectivity index (χ2n) is 6.54. The van der Waals surface area contributed by atoms with Gasteiger partial charge in [0.2, 0.25) is 0 Å². The molecule has 1 saturated heterocycles. The molecule has 1 aliphatic heterocycles. The maximum absolute atomic E-state index is 12.8. The van der Waals surface area contributed by atoms with Crippen LogP contribution in [0.5, 0.6) is 5.75 Å². The third-order valence-electron chi connectivity index (χ3n) is 4.34. The van der Waals surface area contributed by atoms with Crippen LogP contribution in [-0.2, 0) is 0 Å². The third-order valence-corrected chi connectivity index (χ3v) is 4.34. The van der Waals surface area contributed by atoms with Gasteiger partial charge in [-0.25, -0.2) is 9.97 Å². The number of aryl methyl sites for hydroxylation is 1.